The van der Waals surface area contributed by atoms with E-state index in [9.17, 15) is 9.59 Å². The lowest BCUT2D eigenvalue weighted by molar-refractivity contribution is -0.140. The molecular weight excluding hydrogens is 439 g/mol. The zero-order chi connectivity index (χ0) is 22.3. The zero-order valence-electron chi connectivity index (χ0n) is 17.7. The maximum atomic E-state index is 13.1. The van der Waals surface area contributed by atoms with Crippen LogP contribution in [-0.4, -0.2) is 34.6 Å². The molecule has 0 saturated heterocycles. The Morgan fingerprint density at radius 3 is 2.33 bits per heavy atom. The molecule has 0 aliphatic heterocycles. The van der Waals surface area contributed by atoms with Gasteiger partial charge < -0.3 is 10.2 Å². The highest BCUT2D eigenvalue weighted by molar-refractivity contribution is 7.99. The maximum absolute atomic E-state index is 13.1. The van der Waals surface area contributed by atoms with Crippen LogP contribution in [0.2, 0.25) is 10.0 Å². The molecule has 0 bridgehead atoms. The molecule has 0 aliphatic rings. The summed E-state index contributed by atoms with van der Waals surface area (Å²) in [5.41, 5.74) is 1.95. The Labute approximate surface area is 193 Å². The van der Waals surface area contributed by atoms with Crippen LogP contribution in [0, 0.1) is 6.92 Å². The number of amides is 2. The number of benzene rings is 2. The van der Waals surface area contributed by atoms with E-state index in [0.717, 1.165) is 10.5 Å². The van der Waals surface area contributed by atoms with Crippen molar-refractivity contribution in [2.24, 2.45) is 0 Å². The highest BCUT2D eigenvalue weighted by Gasteiger charge is 2.26. The van der Waals surface area contributed by atoms with Gasteiger partial charge in [-0.05, 0) is 57.5 Å². The zero-order valence-corrected chi connectivity index (χ0v) is 20.1. The van der Waals surface area contributed by atoms with Crippen LogP contribution in [0.3, 0.4) is 0 Å². The molecule has 0 aliphatic carbocycles. The summed E-state index contributed by atoms with van der Waals surface area (Å²) in [6.07, 6.45) is 0.322. The molecule has 0 spiro atoms. The minimum absolute atomic E-state index is 0.00638. The topological polar surface area (TPSA) is 49.4 Å². The average molecular weight is 467 g/mol. The van der Waals surface area contributed by atoms with Crippen molar-refractivity contribution in [1.29, 1.82) is 0 Å². The molecule has 1 N–H and O–H groups in total. The lowest BCUT2D eigenvalue weighted by atomic mass is 10.1. The van der Waals surface area contributed by atoms with Gasteiger partial charge >= 0.3 is 0 Å². The molecule has 30 heavy (non-hydrogen) atoms. The van der Waals surface area contributed by atoms with Crippen LogP contribution in [-0.2, 0) is 16.1 Å². The van der Waals surface area contributed by atoms with Gasteiger partial charge in [-0.3, -0.25) is 9.59 Å². The second-order valence-electron chi connectivity index (χ2n) is 7.51. The monoisotopic (exact) mass is 466 g/mol. The highest BCUT2D eigenvalue weighted by Crippen LogP contribution is 2.24. The normalized spacial score (nSPS) is 12.0. The van der Waals surface area contributed by atoms with Gasteiger partial charge in [-0.15, -0.1) is 11.8 Å². The molecule has 0 heterocycles. The Kier molecular flexibility index (Phi) is 9.53. The van der Waals surface area contributed by atoms with Crippen LogP contribution in [0.5, 0.6) is 0 Å². The number of rotatable bonds is 9. The van der Waals surface area contributed by atoms with E-state index in [1.54, 1.807) is 41.8 Å². The largest absolute Gasteiger partial charge is 0.352 e. The standard InChI is InChI=1S/C23H28Cl2N2O2S/c1-15(2)26-23(29)17(4)27(14-18-7-8-19(24)13-21(18)25)22(28)11-12-30-20-9-5-16(3)6-10-20/h5-10,13,15,17H,11-12,14H2,1-4H3,(H,26,29)/t17-/m1/s1. The third-order valence-corrected chi connectivity index (χ3v) is 6.16. The predicted octanol–water partition coefficient (Wildman–Crippen LogP) is 5.73. The first-order chi connectivity index (χ1) is 14.2. The van der Waals surface area contributed by atoms with Crippen molar-refractivity contribution in [3.8, 4) is 0 Å². The number of carbonyl (C=O) groups is 2. The van der Waals surface area contributed by atoms with Crippen molar-refractivity contribution < 1.29 is 9.59 Å². The van der Waals surface area contributed by atoms with Gasteiger partial charge in [0.2, 0.25) is 11.8 Å². The number of carbonyl (C=O) groups excluding carboxylic acids is 2. The van der Waals surface area contributed by atoms with Crippen LogP contribution >= 0.6 is 35.0 Å². The third kappa shape index (κ3) is 7.53. The summed E-state index contributed by atoms with van der Waals surface area (Å²) in [6.45, 7) is 7.82. The average Bonchev–Trinajstić information content (AvgIpc) is 2.67. The summed E-state index contributed by atoms with van der Waals surface area (Å²) in [5, 5.41) is 3.89. The second-order valence-corrected chi connectivity index (χ2v) is 9.52. The summed E-state index contributed by atoms with van der Waals surface area (Å²) < 4.78 is 0. The lowest BCUT2D eigenvalue weighted by Crippen LogP contribution is -2.49. The molecule has 4 nitrogen and oxygen atoms in total. The highest BCUT2D eigenvalue weighted by atomic mass is 35.5. The number of nitrogens with one attached hydrogen (secondary N) is 1. The van der Waals surface area contributed by atoms with Gasteiger partial charge in [-0.1, -0.05) is 47.0 Å². The quantitative estimate of drug-likeness (QED) is 0.480. The van der Waals surface area contributed by atoms with Crippen LogP contribution in [0.25, 0.3) is 0 Å². The van der Waals surface area contributed by atoms with Crippen molar-refractivity contribution >= 4 is 46.8 Å². The van der Waals surface area contributed by atoms with Gasteiger partial charge in [0.15, 0.2) is 0 Å². The van der Waals surface area contributed by atoms with Gasteiger partial charge in [0.05, 0.1) is 0 Å². The summed E-state index contributed by atoms with van der Waals surface area (Å²) in [4.78, 5) is 28.4. The third-order valence-electron chi connectivity index (χ3n) is 4.56. The van der Waals surface area contributed by atoms with Gasteiger partial charge in [-0.2, -0.15) is 0 Å². The molecule has 2 aromatic rings. The van der Waals surface area contributed by atoms with Crippen molar-refractivity contribution in [2.75, 3.05) is 5.75 Å². The Balaban J connectivity index is 2.11. The Morgan fingerprint density at radius 2 is 1.73 bits per heavy atom. The molecule has 7 heteroatoms. The van der Waals surface area contributed by atoms with E-state index >= 15 is 0 Å². The maximum Gasteiger partial charge on any atom is 0.242 e. The van der Waals surface area contributed by atoms with Crippen LogP contribution < -0.4 is 5.32 Å². The molecule has 0 fully saturated rings. The van der Waals surface area contributed by atoms with Crippen molar-refractivity contribution in [2.45, 2.75) is 57.6 Å². The first-order valence-electron chi connectivity index (χ1n) is 9.90. The van der Waals surface area contributed by atoms with E-state index in [1.165, 1.54) is 5.56 Å². The van der Waals surface area contributed by atoms with Crippen LogP contribution in [0.1, 0.15) is 38.3 Å². The van der Waals surface area contributed by atoms with E-state index in [1.807, 2.05) is 20.8 Å². The van der Waals surface area contributed by atoms with Crippen molar-refractivity contribution in [3.63, 3.8) is 0 Å². The van der Waals surface area contributed by atoms with E-state index in [-0.39, 0.29) is 24.4 Å². The number of hydrogen-bond acceptors (Lipinski definition) is 3. The fraction of sp³-hybridized carbons (Fsp3) is 0.391. The Hall–Kier alpha value is -1.69. The summed E-state index contributed by atoms with van der Waals surface area (Å²) in [5.74, 6) is 0.354. The molecule has 2 rings (SSSR count). The SMILES string of the molecule is Cc1ccc(SCCC(=O)N(Cc2ccc(Cl)cc2Cl)[C@H](C)C(=O)NC(C)C)cc1. The van der Waals surface area contributed by atoms with E-state index in [2.05, 4.69) is 29.6 Å². The predicted molar refractivity (Wildman–Crippen MR) is 126 cm³/mol. The first-order valence-corrected chi connectivity index (χ1v) is 11.6. The number of halogens is 2. The molecule has 0 aromatic heterocycles. The number of hydrogen-bond donors (Lipinski definition) is 1. The molecule has 0 radical (unpaired) electrons. The summed E-state index contributed by atoms with van der Waals surface area (Å²) >= 11 is 13.9. The fourth-order valence-electron chi connectivity index (χ4n) is 2.86. The van der Waals surface area contributed by atoms with Gasteiger partial charge in [-0.25, -0.2) is 0 Å². The van der Waals surface area contributed by atoms with Gasteiger partial charge in [0.1, 0.15) is 6.04 Å². The fourth-order valence-corrected chi connectivity index (χ4v) is 4.16. The molecule has 2 amide bonds. The first kappa shape index (κ1) is 24.6. The smallest absolute Gasteiger partial charge is 0.242 e. The minimum atomic E-state index is -0.615. The molecule has 0 saturated carbocycles. The summed E-state index contributed by atoms with van der Waals surface area (Å²) in [7, 11) is 0. The van der Waals surface area contributed by atoms with Crippen molar-refractivity contribution in [3.05, 3.63) is 63.6 Å². The number of thioether (sulfide) groups is 1. The summed E-state index contributed by atoms with van der Waals surface area (Å²) in [6, 6.07) is 12.8. The van der Waals surface area contributed by atoms with Crippen LogP contribution in [0.15, 0.2) is 47.4 Å². The van der Waals surface area contributed by atoms with E-state index < -0.39 is 6.04 Å². The molecule has 2 aromatic carbocycles. The Bertz CT molecular complexity index is 872. The van der Waals surface area contributed by atoms with Gasteiger partial charge in [0, 0.05) is 39.7 Å². The van der Waals surface area contributed by atoms with Crippen molar-refractivity contribution in [1.82, 2.24) is 10.2 Å². The van der Waals surface area contributed by atoms with E-state index in [0.29, 0.717) is 22.2 Å². The van der Waals surface area contributed by atoms with Crippen LogP contribution in [0.4, 0.5) is 0 Å². The molecular formula is C23H28Cl2N2O2S. The minimum Gasteiger partial charge on any atom is -0.352 e. The second kappa shape index (κ2) is 11.6. The number of aryl methyl sites for hydroxylation is 1. The van der Waals surface area contributed by atoms with Gasteiger partial charge in [0.25, 0.3) is 0 Å². The van der Waals surface area contributed by atoms with E-state index in [4.69, 9.17) is 23.2 Å². The molecule has 1 atom stereocenters. The molecule has 162 valence electrons. The molecule has 0 unspecified atom stereocenters. The Morgan fingerprint density at radius 1 is 1.07 bits per heavy atom. The number of nitrogens with zero attached hydrogens (tertiary/aromatic N) is 1. The lowest BCUT2D eigenvalue weighted by Gasteiger charge is -2.29.